The molecule has 2 aromatic carbocycles. The van der Waals surface area contributed by atoms with Crippen LogP contribution in [-0.4, -0.2) is 11.1 Å². The quantitative estimate of drug-likeness (QED) is 0.703. The van der Waals surface area contributed by atoms with Crippen molar-refractivity contribution < 1.29 is 9.90 Å². The molecule has 3 rings (SSSR count). The standard InChI is InChI=1S/C19H16O2S/c1-12-6-8-14(9-7-12)17-10-11-18(22-17)15-4-3-5-16(13(15)2)19(20)21/h3-11H,1-2H3,(H,20,21). The van der Waals surface area contributed by atoms with Gasteiger partial charge in [-0.1, -0.05) is 42.0 Å². The van der Waals surface area contributed by atoms with Crippen LogP contribution in [-0.2, 0) is 0 Å². The van der Waals surface area contributed by atoms with E-state index in [-0.39, 0.29) is 0 Å². The summed E-state index contributed by atoms with van der Waals surface area (Å²) in [5.74, 6) is -0.880. The number of hydrogen-bond donors (Lipinski definition) is 1. The number of aromatic carboxylic acids is 1. The summed E-state index contributed by atoms with van der Waals surface area (Å²) in [7, 11) is 0. The fourth-order valence-electron chi connectivity index (χ4n) is 2.49. The zero-order valence-corrected chi connectivity index (χ0v) is 13.3. The van der Waals surface area contributed by atoms with Crippen molar-refractivity contribution in [2.75, 3.05) is 0 Å². The van der Waals surface area contributed by atoms with E-state index in [1.807, 2.05) is 13.0 Å². The van der Waals surface area contributed by atoms with Crippen LogP contribution >= 0.6 is 11.3 Å². The third kappa shape index (κ3) is 2.68. The Morgan fingerprint density at radius 1 is 0.909 bits per heavy atom. The van der Waals surface area contributed by atoms with Gasteiger partial charge in [-0.05, 0) is 48.7 Å². The van der Waals surface area contributed by atoms with Crippen molar-refractivity contribution in [3.63, 3.8) is 0 Å². The van der Waals surface area contributed by atoms with Gasteiger partial charge in [-0.3, -0.25) is 0 Å². The Hall–Kier alpha value is -2.39. The zero-order chi connectivity index (χ0) is 15.7. The average Bonchev–Trinajstić information content (AvgIpc) is 2.97. The fourth-order valence-corrected chi connectivity index (χ4v) is 3.58. The average molecular weight is 308 g/mol. The van der Waals surface area contributed by atoms with E-state index in [2.05, 4.69) is 43.3 Å². The van der Waals surface area contributed by atoms with E-state index in [9.17, 15) is 9.90 Å². The zero-order valence-electron chi connectivity index (χ0n) is 12.5. The van der Waals surface area contributed by atoms with Gasteiger partial charge in [0.1, 0.15) is 0 Å². The topological polar surface area (TPSA) is 37.3 Å². The molecule has 22 heavy (non-hydrogen) atoms. The molecular weight excluding hydrogens is 292 g/mol. The van der Waals surface area contributed by atoms with Crippen LogP contribution in [0.1, 0.15) is 21.5 Å². The second-order valence-corrected chi connectivity index (χ2v) is 6.40. The maximum atomic E-state index is 11.3. The van der Waals surface area contributed by atoms with Gasteiger partial charge >= 0.3 is 5.97 Å². The molecule has 0 radical (unpaired) electrons. The third-order valence-corrected chi connectivity index (χ3v) is 4.94. The first-order valence-corrected chi connectivity index (χ1v) is 7.88. The highest BCUT2D eigenvalue weighted by Crippen LogP contribution is 2.36. The van der Waals surface area contributed by atoms with E-state index in [1.165, 1.54) is 16.0 Å². The lowest BCUT2D eigenvalue weighted by atomic mass is 10.0. The van der Waals surface area contributed by atoms with Gasteiger partial charge in [0.2, 0.25) is 0 Å². The second-order valence-electron chi connectivity index (χ2n) is 5.31. The van der Waals surface area contributed by atoms with Crippen molar-refractivity contribution in [1.29, 1.82) is 0 Å². The number of hydrogen-bond acceptors (Lipinski definition) is 2. The van der Waals surface area contributed by atoms with Crippen LogP contribution in [0.25, 0.3) is 20.9 Å². The molecular formula is C19H16O2S. The predicted molar refractivity (Wildman–Crippen MR) is 91.6 cm³/mol. The van der Waals surface area contributed by atoms with Gasteiger partial charge in [-0.25, -0.2) is 4.79 Å². The van der Waals surface area contributed by atoms with Crippen molar-refractivity contribution in [2.45, 2.75) is 13.8 Å². The first-order chi connectivity index (χ1) is 10.6. The second kappa shape index (κ2) is 5.78. The molecule has 3 aromatic rings. The number of carboxylic acids is 1. The molecule has 1 N–H and O–H groups in total. The van der Waals surface area contributed by atoms with Gasteiger partial charge in [-0.2, -0.15) is 0 Å². The summed E-state index contributed by atoms with van der Waals surface area (Å²) in [5, 5.41) is 9.25. The molecule has 0 atom stereocenters. The lowest BCUT2D eigenvalue weighted by Crippen LogP contribution is -2.00. The Labute approximate surface area is 133 Å². The highest BCUT2D eigenvalue weighted by molar-refractivity contribution is 7.18. The first-order valence-electron chi connectivity index (χ1n) is 7.06. The number of benzene rings is 2. The summed E-state index contributed by atoms with van der Waals surface area (Å²) in [5.41, 5.74) is 4.60. The van der Waals surface area contributed by atoms with Gasteiger partial charge in [-0.15, -0.1) is 11.3 Å². The van der Waals surface area contributed by atoms with E-state index in [0.717, 1.165) is 16.0 Å². The smallest absolute Gasteiger partial charge is 0.335 e. The molecule has 0 saturated heterocycles. The SMILES string of the molecule is Cc1ccc(-c2ccc(-c3cccc(C(=O)O)c3C)s2)cc1. The molecule has 0 spiro atoms. The summed E-state index contributed by atoms with van der Waals surface area (Å²) >= 11 is 1.69. The van der Waals surface area contributed by atoms with Gasteiger partial charge in [0.15, 0.2) is 0 Å². The van der Waals surface area contributed by atoms with Gasteiger partial charge in [0, 0.05) is 9.75 Å². The van der Waals surface area contributed by atoms with Crippen LogP contribution in [0.2, 0.25) is 0 Å². The van der Waals surface area contributed by atoms with E-state index >= 15 is 0 Å². The van der Waals surface area contributed by atoms with Crippen molar-refractivity contribution in [2.24, 2.45) is 0 Å². The molecule has 1 aromatic heterocycles. The number of carbonyl (C=O) groups is 1. The Morgan fingerprint density at radius 3 is 2.27 bits per heavy atom. The molecule has 2 nitrogen and oxygen atoms in total. The van der Waals surface area contributed by atoms with Crippen LogP contribution in [0.5, 0.6) is 0 Å². The summed E-state index contributed by atoms with van der Waals surface area (Å²) in [6.07, 6.45) is 0. The lowest BCUT2D eigenvalue weighted by molar-refractivity contribution is 0.0696. The molecule has 0 fully saturated rings. The molecule has 0 aliphatic carbocycles. The van der Waals surface area contributed by atoms with Crippen molar-refractivity contribution in [3.05, 3.63) is 71.3 Å². The molecule has 0 unspecified atom stereocenters. The molecule has 0 aliphatic heterocycles. The third-order valence-electron chi connectivity index (χ3n) is 3.77. The maximum Gasteiger partial charge on any atom is 0.335 e. The summed E-state index contributed by atoms with van der Waals surface area (Å²) in [4.78, 5) is 13.6. The number of carboxylic acid groups (broad SMARTS) is 1. The summed E-state index contributed by atoms with van der Waals surface area (Å²) in [6.45, 7) is 3.94. The van der Waals surface area contributed by atoms with Gasteiger partial charge in [0.25, 0.3) is 0 Å². The van der Waals surface area contributed by atoms with Crippen LogP contribution in [0.15, 0.2) is 54.6 Å². The Bertz CT molecular complexity index is 829. The van der Waals surface area contributed by atoms with E-state index in [1.54, 1.807) is 23.5 Å². The van der Waals surface area contributed by atoms with Crippen LogP contribution in [0.4, 0.5) is 0 Å². The van der Waals surface area contributed by atoms with Crippen molar-refractivity contribution in [3.8, 4) is 20.9 Å². The van der Waals surface area contributed by atoms with Crippen LogP contribution in [0.3, 0.4) is 0 Å². The van der Waals surface area contributed by atoms with Crippen molar-refractivity contribution >= 4 is 17.3 Å². The van der Waals surface area contributed by atoms with E-state index in [0.29, 0.717) is 5.56 Å². The van der Waals surface area contributed by atoms with E-state index in [4.69, 9.17) is 0 Å². The Morgan fingerprint density at radius 2 is 1.59 bits per heavy atom. The Kier molecular flexibility index (Phi) is 3.82. The molecule has 110 valence electrons. The fraction of sp³-hybridized carbons (Fsp3) is 0.105. The largest absolute Gasteiger partial charge is 0.478 e. The summed E-state index contributed by atoms with van der Waals surface area (Å²) < 4.78 is 0. The number of rotatable bonds is 3. The predicted octanol–water partition coefficient (Wildman–Crippen LogP) is 5.40. The molecule has 0 saturated carbocycles. The first kappa shape index (κ1) is 14.5. The molecule has 0 aliphatic rings. The molecule has 1 heterocycles. The minimum absolute atomic E-state index is 0.364. The normalized spacial score (nSPS) is 10.6. The van der Waals surface area contributed by atoms with Crippen LogP contribution < -0.4 is 0 Å². The number of aryl methyl sites for hydroxylation is 1. The minimum Gasteiger partial charge on any atom is -0.478 e. The summed E-state index contributed by atoms with van der Waals surface area (Å²) in [6, 6.07) is 18.0. The highest BCUT2D eigenvalue weighted by atomic mass is 32.1. The molecule has 0 amide bonds. The van der Waals surface area contributed by atoms with E-state index < -0.39 is 5.97 Å². The molecule has 3 heteroatoms. The van der Waals surface area contributed by atoms with Gasteiger partial charge in [0.05, 0.1) is 5.56 Å². The van der Waals surface area contributed by atoms with Crippen molar-refractivity contribution in [1.82, 2.24) is 0 Å². The Balaban J connectivity index is 2.03. The van der Waals surface area contributed by atoms with Gasteiger partial charge < -0.3 is 5.11 Å². The maximum absolute atomic E-state index is 11.3. The molecule has 0 bridgehead atoms. The minimum atomic E-state index is -0.880. The monoisotopic (exact) mass is 308 g/mol. The highest BCUT2D eigenvalue weighted by Gasteiger charge is 2.13. The number of thiophene rings is 1. The van der Waals surface area contributed by atoms with Crippen LogP contribution in [0, 0.1) is 13.8 Å². The lowest BCUT2D eigenvalue weighted by Gasteiger charge is -2.06.